The molecule has 0 saturated heterocycles. The molecule has 0 aliphatic heterocycles. The maximum atomic E-state index is 12.9. The van der Waals surface area contributed by atoms with Crippen LogP contribution in [0, 0.1) is 11.7 Å². The first kappa shape index (κ1) is 20.4. The number of carbonyl (C=O) groups excluding carboxylic acids is 2. The van der Waals surface area contributed by atoms with E-state index in [-0.39, 0.29) is 36.6 Å². The normalized spacial score (nSPS) is 15.7. The molecule has 0 spiro atoms. The number of ether oxygens (including phenoxy) is 1. The Morgan fingerprint density at radius 2 is 2.03 bits per heavy atom. The SMILES string of the molecule is CC1CCc2c(sc3nc(COC(=O)CCC(=O)c4ccc(F)cc4)[nH]c(=O)c23)C1. The van der Waals surface area contributed by atoms with E-state index in [2.05, 4.69) is 16.9 Å². The molecule has 0 amide bonds. The molecular weight excluding hydrogens is 407 g/mol. The number of halogens is 1. The van der Waals surface area contributed by atoms with Gasteiger partial charge in [0.25, 0.3) is 5.56 Å². The topological polar surface area (TPSA) is 89.1 Å². The van der Waals surface area contributed by atoms with Crippen molar-refractivity contribution in [3.8, 4) is 0 Å². The molecule has 1 aromatic carbocycles. The molecule has 4 rings (SSSR count). The molecular formula is C22H21FN2O4S. The molecule has 0 saturated carbocycles. The smallest absolute Gasteiger partial charge is 0.306 e. The van der Waals surface area contributed by atoms with Gasteiger partial charge >= 0.3 is 5.97 Å². The number of hydrogen-bond acceptors (Lipinski definition) is 6. The summed E-state index contributed by atoms with van der Waals surface area (Å²) in [6.07, 6.45) is 2.77. The predicted octanol–water partition coefficient (Wildman–Crippen LogP) is 3.95. The van der Waals surface area contributed by atoms with Gasteiger partial charge in [-0.1, -0.05) is 6.92 Å². The minimum absolute atomic E-state index is 0.0384. The van der Waals surface area contributed by atoms with E-state index in [0.717, 1.165) is 24.8 Å². The first-order valence-corrected chi connectivity index (χ1v) is 10.7. The molecule has 3 aromatic rings. The monoisotopic (exact) mass is 428 g/mol. The molecule has 8 heteroatoms. The number of carbonyl (C=O) groups is 2. The Morgan fingerprint density at radius 1 is 1.27 bits per heavy atom. The third-order valence-corrected chi connectivity index (χ3v) is 6.45. The lowest BCUT2D eigenvalue weighted by molar-refractivity contribution is -0.145. The summed E-state index contributed by atoms with van der Waals surface area (Å²) in [4.78, 5) is 45.7. The van der Waals surface area contributed by atoms with Gasteiger partial charge in [-0.15, -0.1) is 11.3 Å². The van der Waals surface area contributed by atoms with Crippen molar-refractivity contribution in [1.82, 2.24) is 9.97 Å². The van der Waals surface area contributed by atoms with Crippen molar-refractivity contribution >= 4 is 33.3 Å². The largest absolute Gasteiger partial charge is 0.458 e. The van der Waals surface area contributed by atoms with E-state index >= 15 is 0 Å². The highest BCUT2D eigenvalue weighted by Crippen LogP contribution is 2.35. The first-order chi connectivity index (χ1) is 14.4. The summed E-state index contributed by atoms with van der Waals surface area (Å²) in [6, 6.07) is 5.17. The van der Waals surface area contributed by atoms with Crippen molar-refractivity contribution in [3.05, 3.63) is 62.3 Å². The van der Waals surface area contributed by atoms with Gasteiger partial charge in [-0.05, 0) is 55.0 Å². The summed E-state index contributed by atoms with van der Waals surface area (Å²) in [5.41, 5.74) is 1.24. The van der Waals surface area contributed by atoms with Crippen LogP contribution in [0.1, 0.15) is 52.8 Å². The van der Waals surface area contributed by atoms with E-state index in [0.29, 0.717) is 21.7 Å². The average Bonchev–Trinajstić information content (AvgIpc) is 3.08. The van der Waals surface area contributed by atoms with Crippen LogP contribution < -0.4 is 5.56 Å². The van der Waals surface area contributed by atoms with Gasteiger partial charge in [0.15, 0.2) is 5.78 Å². The number of nitrogens with one attached hydrogen (secondary N) is 1. The number of thiophene rings is 1. The average molecular weight is 428 g/mol. The summed E-state index contributed by atoms with van der Waals surface area (Å²) in [6.45, 7) is 2.05. The second-order valence-electron chi connectivity index (χ2n) is 7.64. The fourth-order valence-electron chi connectivity index (χ4n) is 3.68. The Hall–Kier alpha value is -2.87. The van der Waals surface area contributed by atoms with Crippen LogP contribution in [-0.4, -0.2) is 21.7 Å². The molecule has 0 bridgehead atoms. The fraction of sp³-hybridized carbons (Fsp3) is 0.364. The zero-order valence-corrected chi connectivity index (χ0v) is 17.3. The number of ketones is 1. The van der Waals surface area contributed by atoms with Crippen LogP contribution in [-0.2, 0) is 29.0 Å². The minimum Gasteiger partial charge on any atom is -0.458 e. The summed E-state index contributed by atoms with van der Waals surface area (Å²) in [5.74, 6) is -0.364. The van der Waals surface area contributed by atoms with Crippen LogP contribution in [0.2, 0.25) is 0 Å². The van der Waals surface area contributed by atoms with Crippen LogP contribution in [0.5, 0.6) is 0 Å². The Kier molecular flexibility index (Phi) is 5.76. The van der Waals surface area contributed by atoms with Crippen LogP contribution in [0.4, 0.5) is 4.39 Å². The quantitative estimate of drug-likeness (QED) is 0.474. The fourth-order valence-corrected chi connectivity index (χ4v) is 5.08. The highest BCUT2D eigenvalue weighted by atomic mass is 32.1. The number of aromatic nitrogens is 2. The second kappa shape index (κ2) is 8.47. The Morgan fingerprint density at radius 3 is 2.80 bits per heavy atom. The Bertz CT molecular complexity index is 1170. The second-order valence-corrected chi connectivity index (χ2v) is 8.72. The summed E-state index contributed by atoms with van der Waals surface area (Å²) in [5, 5.41) is 0.655. The van der Waals surface area contributed by atoms with Gasteiger partial charge in [0.05, 0.1) is 11.8 Å². The van der Waals surface area contributed by atoms with Gasteiger partial charge in [-0.25, -0.2) is 9.37 Å². The van der Waals surface area contributed by atoms with E-state index in [4.69, 9.17) is 4.74 Å². The van der Waals surface area contributed by atoms with Gasteiger partial charge in [0, 0.05) is 16.9 Å². The number of Topliss-reactive ketones (excluding diaryl/α,β-unsaturated/α-hetero) is 1. The van der Waals surface area contributed by atoms with E-state index in [1.54, 1.807) is 0 Å². The molecule has 1 aliphatic rings. The van der Waals surface area contributed by atoms with Crippen molar-refractivity contribution in [2.45, 2.75) is 45.6 Å². The molecule has 30 heavy (non-hydrogen) atoms. The van der Waals surface area contributed by atoms with Gasteiger partial charge in [-0.2, -0.15) is 0 Å². The van der Waals surface area contributed by atoms with Crippen molar-refractivity contribution in [2.75, 3.05) is 0 Å². The van der Waals surface area contributed by atoms with Gasteiger partial charge < -0.3 is 9.72 Å². The van der Waals surface area contributed by atoms with Crippen molar-refractivity contribution in [2.24, 2.45) is 5.92 Å². The van der Waals surface area contributed by atoms with E-state index < -0.39 is 11.8 Å². The van der Waals surface area contributed by atoms with Crippen molar-refractivity contribution < 1.29 is 18.7 Å². The summed E-state index contributed by atoms with van der Waals surface area (Å²) in [7, 11) is 0. The Balaban J connectivity index is 1.37. The molecule has 0 radical (unpaired) electrons. The number of fused-ring (bicyclic) bond motifs is 3. The maximum absolute atomic E-state index is 12.9. The van der Waals surface area contributed by atoms with Crippen molar-refractivity contribution in [1.29, 1.82) is 0 Å². The lowest BCUT2D eigenvalue weighted by Crippen LogP contribution is -2.16. The maximum Gasteiger partial charge on any atom is 0.306 e. The first-order valence-electron chi connectivity index (χ1n) is 9.88. The lowest BCUT2D eigenvalue weighted by atomic mass is 9.89. The van der Waals surface area contributed by atoms with Gasteiger partial charge in [0.2, 0.25) is 0 Å². The third-order valence-electron chi connectivity index (χ3n) is 5.31. The van der Waals surface area contributed by atoms with E-state index in [1.807, 2.05) is 0 Å². The predicted molar refractivity (Wildman–Crippen MR) is 111 cm³/mol. The molecule has 1 unspecified atom stereocenters. The summed E-state index contributed by atoms with van der Waals surface area (Å²) < 4.78 is 18.1. The molecule has 6 nitrogen and oxygen atoms in total. The van der Waals surface area contributed by atoms with Crippen LogP contribution in [0.15, 0.2) is 29.1 Å². The summed E-state index contributed by atoms with van der Waals surface area (Å²) >= 11 is 1.54. The van der Waals surface area contributed by atoms with Crippen LogP contribution >= 0.6 is 11.3 Å². The number of hydrogen-bond donors (Lipinski definition) is 1. The van der Waals surface area contributed by atoms with Gasteiger partial charge in [0.1, 0.15) is 23.1 Å². The molecule has 2 aromatic heterocycles. The van der Waals surface area contributed by atoms with Crippen LogP contribution in [0.25, 0.3) is 10.2 Å². The molecule has 1 atom stereocenters. The number of rotatable bonds is 6. The Labute approximate surface area is 176 Å². The van der Waals surface area contributed by atoms with Crippen LogP contribution in [0.3, 0.4) is 0 Å². The van der Waals surface area contributed by atoms with E-state index in [9.17, 15) is 18.8 Å². The number of benzene rings is 1. The minimum atomic E-state index is -0.562. The highest BCUT2D eigenvalue weighted by molar-refractivity contribution is 7.18. The number of H-pyrrole nitrogens is 1. The molecule has 1 N–H and O–H groups in total. The lowest BCUT2D eigenvalue weighted by Gasteiger charge is -2.17. The molecule has 1 aliphatic carbocycles. The number of aryl methyl sites for hydroxylation is 1. The zero-order valence-electron chi connectivity index (χ0n) is 16.5. The molecule has 156 valence electrons. The third kappa shape index (κ3) is 4.33. The standard InChI is InChI=1S/C22H21FN2O4S/c1-12-2-7-15-17(10-12)30-22-20(15)21(28)24-18(25-22)11-29-19(27)9-8-16(26)13-3-5-14(23)6-4-13/h3-6,12H,2,7-11H2,1H3,(H,24,25,28). The van der Waals surface area contributed by atoms with Crippen molar-refractivity contribution in [3.63, 3.8) is 0 Å². The highest BCUT2D eigenvalue weighted by Gasteiger charge is 2.23. The zero-order chi connectivity index (χ0) is 21.3. The number of nitrogens with zero attached hydrogens (tertiary/aromatic N) is 1. The number of esters is 1. The molecule has 0 fully saturated rings. The van der Waals surface area contributed by atoms with E-state index in [1.165, 1.54) is 40.5 Å². The molecule has 2 heterocycles. The number of aromatic amines is 1. The van der Waals surface area contributed by atoms with Gasteiger partial charge in [-0.3, -0.25) is 14.4 Å².